The molecule has 1 aliphatic rings. The molecule has 0 saturated carbocycles. The third kappa shape index (κ3) is 3.24. The summed E-state index contributed by atoms with van der Waals surface area (Å²) in [5, 5.41) is 11.1. The maximum atomic E-state index is 12.1. The molecule has 0 aromatic carbocycles. The molecule has 1 aromatic rings. The molecule has 108 valence electrons. The van der Waals surface area contributed by atoms with Crippen molar-refractivity contribution >= 4 is 17.7 Å². The molecule has 0 aliphatic carbocycles. The highest BCUT2D eigenvalue weighted by molar-refractivity contribution is 6.08. The van der Waals surface area contributed by atoms with Gasteiger partial charge in [-0.3, -0.25) is 24.3 Å². The molecule has 0 radical (unpaired) electrons. The van der Waals surface area contributed by atoms with Crippen molar-refractivity contribution < 1.29 is 19.5 Å². The quantitative estimate of drug-likeness (QED) is 0.532. The van der Waals surface area contributed by atoms with Gasteiger partial charge in [0.2, 0.25) is 5.91 Å². The van der Waals surface area contributed by atoms with E-state index in [1.54, 1.807) is 0 Å². The van der Waals surface area contributed by atoms with Crippen LogP contribution in [0.25, 0.3) is 0 Å². The predicted octanol–water partition coefficient (Wildman–Crippen LogP) is -1.09. The molecule has 1 aliphatic heterocycles. The number of likely N-dealkylation sites (tertiary alicyclic amines) is 1. The molecule has 7 heteroatoms. The molecule has 2 rings (SSSR count). The number of nitrogens with zero attached hydrogens (tertiary/aromatic N) is 2. The number of rotatable bonds is 2. The molecule has 2 N–H and O–H groups in total. The first-order chi connectivity index (χ1) is 10.0. The molecule has 1 atom stereocenters. The lowest BCUT2D eigenvalue weighted by atomic mass is 10.1. The minimum Gasteiger partial charge on any atom is -0.384 e. The van der Waals surface area contributed by atoms with E-state index in [1.807, 2.05) is 0 Å². The van der Waals surface area contributed by atoms with E-state index >= 15 is 0 Å². The van der Waals surface area contributed by atoms with Gasteiger partial charge in [-0.1, -0.05) is 11.8 Å². The number of carbonyl (C=O) groups excluding carboxylic acids is 3. The molecule has 7 nitrogen and oxygen atoms in total. The Morgan fingerprint density at radius 1 is 1.52 bits per heavy atom. The van der Waals surface area contributed by atoms with E-state index in [4.69, 9.17) is 5.11 Å². The van der Waals surface area contributed by atoms with Gasteiger partial charge in [0.1, 0.15) is 12.6 Å². The van der Waals surface area contributed by atoms with Gasteiger partial charge < -0.3 is 10.4 Å². The van der Waals surface area contributed by atoms with Gasteiger partial charge in [0.25, 0.3) is 11.8 Å². The summed E-state index contributed by atoms with van der Waals surface area (Å²) in [5.41, 5.74) is 0.706. The number of aromatic nitrogens is 1. The number of amides is 3. The Hall–Kier alpha value is -2.72. The Kier molecular flexibility index (Phi) is 4.30. The third-order valence-electron chi connectivity index (χ3n) is 3.00. The fourth-order valence-corrected chi connectivity index (χ4v) is 1.88. The number of pyridine rings is 1. The summed E-state index contributed by atoms with van der Waals surface area (Å²) < 4.78 is 0. The number of nitrogens with one attached hydrogen (secondary N) is 1. The summed E-state index contributed by atoms with van der Waals surface area (Å²) in [4.78, 5) is 40.0. The fourth-order valence-electron chi connectivity index (χ4n) is 1.88. The van der Waals surface area contributed by atoms with Crippen molar-refractivity contribution in [3.63, 3.8) is 0 Å². The Labute approximate surface area is 121 Å². The SMILES string of the molecule is CN1C(=O)CC(NC(=O)c2cncc(C#CCO)c2)C1=O. The van der Waals surface area contributed by atoms with Crippen LogP contribution in [0.5, 0.6) is 0 Å². The van der Waals surface area contributed by atoms with Crippen LogP contribution in [0, 0.1) is 11.8 Å². The summed E-state index contributed by atoms with van der Waals surface area (Å²) in [6, 6.07) is 0.651. The summed E-state index contributed by atoms with van der Waals surface area (Å²) in [7, 11) is 1.38. The smallest absolute Gasteiger partial charge is 0.253 e. The molecule has 1 unspecified atom stereocenters. The Balaban J connectivity index is 2.11. The summed E-state index contributed by atoms with van der Waals surface area (Å²) in [6.07, 6.45) is 2.75. The summed E-state index contributed by atoms with van der Waals surface area (Å²) >= 11 is 0. The first kappa shape index (κ1) is 14.7. The molecule has 1 fully saturated rings. The monoisotopic (exact) mass is 287 g/mol. The molecule has 1 aromatic heterocycles. The first-order valence-corrected chi connectivity index (χ1v) is 6.19. The van der Waals surface area contributed by atoms with Crippen molar-refractivity contribution in [2.45, 2.75) is 12.5 Å². The van der Waals surface area contributed by atoms with Gasteiger partial charge in [0.05, 0.1) is 12.0 Å². The Bertz CT molecular complexity index is 660. The van der Waals surface area contributed by atoms with Crippen molar-refractivity contribution in [3.05, 3.63) is 29.6 Å². The average Bonchev–Trinajstić information content (AvgIpc) is 2.72. The van der Waals surface area contributed by atoms with Gasteiger partial charge in [-0.25, -0.2) is 0 Å². The van der Waals surface area contributed by atoms with Crippen LogP contribution >= 0.6 is 0 Å². The van der Waals surface area contributed by atoms with E-state index in [9.17, 15) is 14.4 Å². The van der Waals surface area contributed by atoms with E-state index in [-0.39, 0.29) is 24.5 Å². The molecule has 21 heavy (non-hydrogen) atoms. The number of aliphatic hydroxyl groups is 1. The number of aliphatic hydroxyl groups excluding tert-OH is 1. The van der Waals surface area contributed by atoms with Crippen molar-refractivity contribution in [3.8, 4) is 11.8 Å². The Morgan fingerprint density at radius 3 is 2.90 bits per heavy atom. The van der Waals surface area contributed by atoms with Gasteiger partial charge in [-0.2, -0.15) is 0 Å². The standard InChI is InChI=1S/C14H13N3O4/c1-17-12(19)6-11(14(17)21)16-13(20)10-5-9(3-2-4-18)7-15-8-10/h5,7-8,11,18H,4,6H2,1H3,(H,16,20). The van der Waals surface area contributed by atoms with Crippen LogP contribution < -0.4 is 5.32 Å². The molecule has 2 heterocycles. The number of hydrogen-bond donors (Lipinski definition) is 2. The maximum absolute atomic E-state index is 12.1. The first-order valence-electron chi connectivity index (χ1n) is 6.19. The van der Waals surface area contributed by atoms with Crippen LogP contribution in [0.1, 0.15) is 22.3 Å². The zero-order valence-electron chi connectivity index (χ0n) is 11.3. The van der Waals surface area contributed by atoms with E-state index in [0.29, 0.717) is 5.56 Å². The number of likely N-dealkylation sites (N-methyl/N-ethyl adjacent to an activating group) is 1. The molecular formula is C14H13N3O4. The summed E-state index contributed by atoms with van der Waals surface area (Å²) in [6.45, 7) is -0.290. The predicted molar refractivity (Wildman–Crippen MR) is 71.8 cm³/mol. The topological polar surface area (TPSA) is 99.6 Å². The van der Waals surface area contributed by atoms with Crippen molar-refractivity contribution in [2.24, 2.45) is 0 Å². The van der Waals surface area contributed by atoms with Crippen LogP contribution in [0.2, 0.25) is 0 Å². The lowest BCUT2D eigenvalue weighted by Gasteiger charge is -2.11. The van der Waals surface area contributed by atoms with Gasteiger partial charge in [0.15, 0.2) is 0 Å². The lowest BCUT2D eigenvalue weighted by molar-refractivity contribution is -0.137. The van der Waals surface area contributed by atoms with Gasteiger partial charge in [-0.15, -0.1) is 0 Å². The second kappa shape index (κ2) is 6.15. The average molecular weight is 287 g/mol. The Morgan fingerprint density at radius 2 is 2.29 bits per heavy atom. The zero-order valence-corrected chi connectivity index (χ0v) is 11.3. The molecule has 3 amide bonds. The molecule has 1 saturated heterocycles. The lowest BCUT2D eigenvalue weighted by Crippen LogP contribution is -2.40. The number of hydrogen-bond acceptors (Lipinski definition) is 5. The van der Waals surface area contributed by atoms with Crippen LogP contribution in [-0.2, 0) is 9.59 Å². The van der Waals surface area contributed by atoms with Gasteiger partial charge in [0, 0.05) is 25.0 Å². The number of carbonyl (C=O) groups is 3. The molecule has 0 bridgehead atoms. The largest absolute Gasteiger partial charge is 0.384 e. The van der Waals surface area contributed by atoms with E-state index in [2.05, 4.69) is 22.1 Å². The molecular weight excluding hydrogens is 274 g/mol. The van der Waals surface area contributed by atoms with Crippen LogP contribution in [0.15, 0.2) is 18.5 Å². The van der Waals surface area contributed by atoms with Crippen LogP contribution in [0.3, 0.4) is 0 Å². The third-order valence-corrected chi connectivity index (χ3v) is 3.00. The van der Waals surface area contributed by atoms with Gasteiger partial charge in [-0.05, 0) is 6.07 Å². The minimum atomic E-state index is -0.845. The van der Waals surface area contributed by atoms with Gasteiger partial charge >= 0.3 is 0 Å². The van der Waals surface area contributed by atoms with E-state index < -0.39 is 17.9 Å². The highest BCUT2D eigenvalue weighted by Gasteiger charge is 2.37. The summed E-state index contributed by atoms with van der Waals surface area (Å²) in [5.74, 6) is 3.82. The van der Waals surface area contributed by atoms with Crippen LogP contribution in [0.4, 0.5) is 0 Å². The van der Waals surface area contributed by atoms with Crippen molar-refractivity contribution in [2.75, 3.05) is 13.7 Å². The molecule has 0 spiro atoms. The van der Waals surface area contributed by atoms with Crippen LogP contribution in [-0.4, -0.2) is 52.4 Å². The highest BCUT2D eigenvalue weighted by atomic mass is 16.2. The number of imide groups is 1. The van der Waals surface area contributed by atoms with Crippen molar-refractivity contribution in [1.29, 1.82) is 0 Å². The fraction of sp³-hybridized carbons (Fsp3) is 0.286. The minimum absolute atomic E-state index is 0.0431. The maximum Gasteiger partial charge on any atom is 0.253 e. The zero-order chi connectivity index (χ0) is 15.4. The van der Waals surface area contributed by atoms with Crippen molar-refractivity contribution in [1.82, 2.24) is 15.2 Å². The second-order valence-corrected chi connectivity index (χ2v) is 4.44. The normalized spacial score (nSPS) is 17.4. The van der Waals surface area contributed by atoms with E-state index in [1.165, 1.54) is 25.5 Å². The van der Waals surface area contributed by atoms with E-state index in [0.717, 1.165) is 4.90 Å². The second-order valence-electron chi connectivity index (χ2n) is 4.44. The highest BCUT2D eigenvalue weighted by Crippen LogP contribution is 2.11.